The first-order valence-electron chi connectivity index (χ1n) is 7.51. The molecular formula is C16H18Cl3N. The molecule has 0 atom stereocenters. The van der Waals surface area contributed by atoms with Gasteiger partial charge in [0.1, 0.15) is 0 Å². The Bertz CT molecular complexity index is 492. The van der Waals surface area contributed by atoms with Crippen molar-refractivity contribution >= 4 is 40.5 Å². The van der Waals surface area contributed by atoms with Gasteiger partial charge in [-0.1, -0.05) is 34.8 Å². The van der Waals surface area contributed by atoms with Gasteiger partial charge in [0, 0.05) is 11.1 Å². The first-order chi connectivity index (χ1) is 9.60. The zero-order chi connectivity index (χ0) is 13.9. The van der Waals surface area contributed by atoms with Gasteiger partial charge in [0.15, 0.2) is 0 Å². The fourth-order valence-corrected chi connectivity index (χ4v) is 5.93. The summed E-state index contributed by atoms with van der Waals surface area (Å²) in [6.07, 6.45) is 7.00. The Morgan fingerprint density at radius 1 is 0.800 bits per heavy atom. The van der Waals surface area contributed by atoms with Gasteiger partial charge in [-0.05, 0) is 67.9 Å². The average molecular weight is 331 g/mol. The highest BCUT2D eigenvalue weighted by Gasteiger charge is 2.48. The van der Waals surface area contributed by atoms with Crippen molar-refractivity contribution in [2.24, 2.45) is 23.7 Å². The third-order valence-corrected chi connectivity index (χ3v) is 6.36. The van der Waals surface area contributed by atoms with Crippen LogP contribution in [0.25, 0.3) is 0 Å². The molecule has 0 radical (unpaired) electrons. The van der Waals surface area contributed by atoms with Gasteiger partial charge < -0.3 is 5.32 Å². The molecule has 0 unspecified atom stereocenters. The van der Waals surface area contributed by atoms with Crippen molar-refractivity contribution < 1.29 is 0 Å². The van der Waals surface area contributed by atoms with Crippen LogP contribution < -0.4 is 5.32 Å². The van der Waals surface area contributed by atoms with Crippen LogP contribution in [0.2, 0.25) is 15.1 Å². The SMILES string of the molecule is Clc1cc(Cl)c(NC2C3CC4CC(C3)CC2C4)c(Cl)c1. The van der Waals surface area contributed by atoms with E-state index in [9.17, 15) is 0 Å². The molecule has 108 valence electrons. The van der Waals surface area contributed by atoms with Crippen LogP contribution in [0.3, 0.4) is 0 Å². The van der Waals surface area contributed by atoms with Crippen LogP contribution in [0.4, 0.5) is 5.69 Å². The van der Waals surface area contributed by atoms with E-state index in [1.165, 1.54) is 32.1 Å². The van der Waals surface area contributed by atoms with E-state index in [0.717, 1.165) is 29.4 Å². The number of nitrogens with one attached hydrogen (secondary N) is 1. The molecule has 20 heavy (non-hydrogen) atoms. The van der Waals surface area contributed by atoms with Gasteiger partial charge in [0.05, 0.1) is 15.7 Å². The van der Waals surface area contributed by atoms with Gasteiger partial charge in [-0.15, -0.1) is 0 Å². The Kier molecular flexibility index (Phi) is 3.36. The molecule has 1 N–H and O–H groups in total. The summed E-state index contributed by atoms with van der Waals surface area (Å²) >= 11 is 18.6. The summed E-state index contributed by atoms with van der Waals surface area (Å²) < 4.78 is 0. The number of hydrogen-bond acceptors (Lipinski definition) is 1. The van der Waals surface area contributed by atoms with Gasteiger partial charge in [-0.25, -0.2) is 0 Å². The Balaban J connectivity index is 1.61. The normalized spacial score (nSPS) is 38.2. The fraction of sp³-hybridized carbons (Fsp3) is 0.625. The van der Waals surface area contributed by atoms with Crippen molar-refractivity contribution in [1.82, 2.24) is 0 Å². The maximum atomic E-state index is 6.32. The molecular weight excluding hydrogens is 313 g/mol. The second kappa shape index (κ2) is 4.97. The standard InChI is InChI=1S/C16H18Cl3N/c17-12-6-13(18)16(14(19)7-12)20-15-10-2-8-1-9(4-10)5-11(15)3-8/h6-11,15,20H,1-5H2. The Morgan fingerprint density at radius 3 is 1.80 bits per heavy atom. The molecule has 0 amide bonds. The molecule has 1 aromatic carbocycles. The molecule has 4 aliphatic carbocycles. The van der Waals surface area contributed by atoms with Gasteiger partial charge >= 0.3 is 0 Å². The summed E-state index contributed by atoms with van der Waals surface area (Å²) in [5.74, 6) is 3.56. The minimum Gasteiger partial charge on any atom is -0.379 e. The fourth-order valence-electron chi connectivity index (χ4n) is 5.01. The number of halogens is 3. The monoisotopic (exact) mass is 329 g/mol. The average Bonchev–Trinajstić information content (AvgIpc) is 2.35. The molecule has 5 rings (SSSR count). The van der Waals surface area contributed by atoms with E-state index >= 15 is 0 Å². The zero-order valence-electron chi connectivity index (χ0n) is 11.2. The third kappa shape index (κ3) is 2.23. The summed E-state index contributed by atoms with van der Waals surface area (Å²) in [5, 5.41) is 5.53. The quantitative estimate of drug-likeness (QED) is 0.713. The Labute approximate surface area is 135 Å². The Morgan fingerprint density at radius 2 is 1.30 bits per heavy atom. The molecule has 0 aromatic heterocycles. The molecule has 1 aromatic rings. The molecule has 4 heteroatoms. The maximum Gasteiger partial charge on any atom is 0.0722 e. The third-order valence-electron chi connectivity index (χ3n) is 5.54. The molecule has 4 saturated carbocycles. The second-order valence-corrected chi connectivity index (χ2v) is 8.10. The summed E-state index contributed by atoms with van der Waals surface area (Å²) in [5.41, 5.74) is 0.871. The van der Waals surface area contributed by atoms with Gasteiger partial charge in [-0.3, -0.25) is 0 Å². The highest BCUT2D eigenvalue weighted by molar-refractivity contribution is 6.41. The van der Waals surface area contributed by atoms with Crippen molar-refractivity contribution in [3.63, 3.8) is 0 Å². The van der Waals surface area contributed by atoms with Crippen LogP contribution in [-0.4, -0.2) is 6.04 Å². The lowest BCUT2D eigenvalue weighted by molar-refractivity contribution is 0.00755. The van der Waals surface area contributed by atoms with E-state index in [0.29, 0.717) is 21.1 Å². The molecule has 0 saturated heterocycles. The van der Waals surface area contributed by atoms with E-state index in [2.05, 4.69) is 5.32 Å². The van der Waals surface area contributed by atoms with Crippen LogP contribution >= 0.6 is 34.8 Å². The molecule has 4 aliphatic rings. The minimum absolute atomic E-state index is 0.541. The number of hydrogen-bond donors (Lipinski definition) is 1. The molecule has 1 nitrogen and oxygen atoms in total. The lowest BCUT2D eigenvalue weighted by Crippen LogP contribution is -2.51. The van der Waals surface area contributed by atoms with Crippen LogP contribution in [0.15, 0.2) is 12.1 Å². The highest BCUT2D eigenvalue weighted by atomic mass is 35.5. The van der Waals surface area contributed by atoms with Crippen molar-refractivity contribution in [2.75, 3.05) is 5.32 Å². The topological polar surface area (TPSA) is 12.0 Å². The molecule has 0 spiro atoms. The zero-order valence-corrected chi connectivity index (χ0v) is 13.5. The van der Waals surface area contributed by atoms with E-state index in [4.69, 9.17) is 34.8 Å². The van der Waals surface area contributed by atoms with E-state index in [1.54, 1.807) is 12.1 Å². The predicted molar refractivity (Wildman–Crippen MR) is 85.9 cm³/mol. The number of rotatable bonds is 2. The smallest absolute Gasteiger partial charge is 0.0722 e. The molecule has 4 fully saturated rings. The molecule has 4 bridgehead atoms. The van der Waals surface area contributed by atoms with Crippen molar-refractivity contribution in [3.05, 3.63) is 27.2 Å². The first-order valence-corrected chi connectivity index (χ1v) is 8.64. The van der Waals surface area contributed by atoms with Crippen molar-refractivity contribution in [1.29, 1.82) is 0 Å². The summed E-state index contributed by atoms with van der Waals surface area (Å²) in [6, 6.07) is 4.08. The molecule has 0 heterocycles. The summed E-state index contributed by atoms with van der Waals surface area (Å²) in [7, 11) is 0. The highest BCUT2D eigenvalue weighted by Crippen LogP contribution is 2.54. The summed E-state index contributed by atoms with van der Waals surface area (Å²) in [6.45, 7) is 0. The maximum absolute atomic E-state index is 6.32. The predicted octanol–water partition coefficient (Wildman–Crippen LogP) is 5.88. The Hall–Kier alpha value is -0.110. The van der Waals surface area contributed by atoms with Crippen LogP contribution in [0.5, 0.6) is 0 Å². The largest absolute Gasteiger partial charge is 0.379 e. The van der Waals surface area contributed by atoms with Crippen molar-refractivity contribution in [2.45, 2.75) is 38.1 Å². The lowest BCUT2D eigenvalue weighted by Gasteiger charge is -2.54. The number of anilines is 1. The second-order valence-electron chi connectivity index (χ2n) is 6.85. The van der Waals surface area contributed by atoms with E-state index in [1.807, 2.05) is 0 Å². The van der Waals surface area contributed by atoms with Gasteiger partial charge in [0.2, 0.25) is 0 Å². The number of benzene rings is 1. The van der Waals surface area contributed by atoms with Crippen LogP contribution in [-0.2, 0) is 0 Å². The van der Waals surface area contributed by atoms with Crippen LogP contribution in [0, 0.1) is 23.7 Å². The van der Waals surface area contributed by atoms with E-state index in [-0.39, 0.29) is 0 Å². The van der Waals surface area contributed by atoms with E-state index < -0.39 is 0 Å². The lowest BCUT2D eigenvalue weighted by atomic mass is 9.54. The minimum atomic E-state index is 0.541. The van der Waals surface area contributed by atoms with Crippen molar-refractivity contribution in [3.8, 4) is 0 Å². The van der Waals surface area contributed by atoms with Crippen LogP contribution in [0.1, 0.15) is 32.1 Å². The van der Waals surface area contributed by atoms with Gasteiger partial charge in [0.25, 0.3) is 0 Å². The first kappa shape index (κ1) is 13.5. The summed E-state index contributed by atoms with van der Waals surface area (Å²) in [4.78, 5) is 0. The van der Waals surface area contributed by atoms with Gasteiger partial charge in [-0.2, -0.15) is 0 Å². The molecule has 0 aliphatic heterocycles.